The molecule has 1 unspecified atom stereocenters. The maximum atomic E-state index is 13.5. The Morgan fingerprint density at radius 1 is 1.48 bits per heavy atom. The van der Waals surface area contributed by atoms with Gasteiger partial charge >= 0.3 is 5.97 Å². The second kappa shape index (κ2) is 7.00. The van der Waals surface area contributed by atoms with Crippen molar-refractivity contribution < 1.29 is 18.7 Å². The third-order valence-corrected chi connectivity index (χ3v) is 3.79. The van der Waals surface area contributed by atoms with Crippen LogP contribution < -0.4 is 5.73 Å². The molecule has 2 rings (SSSR count). The van der Waals surface area contributed by atoms with E-state index in [0.29, 0.717) is 18.1 Å². The Hall–Kier alpha value is -1.46. The molecule has 1 aromatic rings. The van der Waals surface area contributed by atoms with Crippen molar-refractivity contribution in [1.82, 2.24) is 0 Å². The van der Waals surface area contributed by atoms with E-state index in [1.807, 2.05) is 0 Å². The minimum atomic E-state index is -1.15. The topological polar surface area (TPSA) is 61.5 Å². The molecule has 2 N–H and O–H groups in total. The van der Waals surface area contributed by atoms with Gasteiger partial charge in [-0.05, 0) is 43.4 Å². The van der Waals surface area contributed by atoms with Crippen molar-refractivity contribution in [3.8, 4) is 0 Å². The molecule has 1 aliphatic rings. The maximum absolute atomic E-state index is 13.5. The van der Waals surface area contributed by atoms with E-state index in [1.165, 1.54) is 12.1 Å². The van der Waals surface area contributed by atoms with Crippen LogP contribution in [0.4, 0.5) is 4.39 Å². The van der Waals surface area contributed by atoms with Gasteiger partial charge in [0.25, 0.3) is 0 Å². The van der Waals surface area contributed by atoms with Gasteiger partial charge in [-0.3, -0.25) is 4.79 Å². The normalized spacial score (nSPS) is 17.3. The number of halogens is 1. The highest BCUT2D eigenvalue weighted by molar-refractivity contribution is 5.84. The van der Waals surface area contributed by atoms with E-state index in [0.717, 1.165) is 12.8 Å². The molecule has 116 valence electrons. The number of nitrogens with two attached hydrogens (primary N) is 1. The third-order valence-electron chi connectivity index (χ3n) is 3.79. The van der Waals surface area contributed by atoms with Crippen molar-refractivity contribution in [3.05, 3.63) is 35.6 Å². The van der Waals surface area contributed by atoms with Gasteiger partial charge in [-0.1, -0.05) is 12.1 Å². The summed E-state index contributed by atoms with van der Waals surface area (Å²) in [5.74, 6) is -0.291. The van der Waals surface area contributed by atoms with Gasteiger partial charge in [-0.25, -0.2) is 4.39 Å². The SMILES string of the molecule is CCOC(=O)C(CN)(COCC1CC1)c1cccc(F)c1. The molecule has 0 saturated heterocycles. The zero-order valence-electron chi connectivity index (χ0n) is 12.3. The molecule has 1 atom stereocenters. The molecule has 21 heavy (non-hydrogen) atoms. The molecular formula is C16H22FNO3. The lowest BCUT2D eigenvalue weighted by molar-refractivity contribution is -0.152. The van der Waals surface area contributed by atoms with Crippen LogP contribution >= 0.6 is 0 Å². The number of esters is 1. The molecule has 5 heteroatoms. The van der Waals surface area contributed by atoms with Crippen LogP contribution in [0.5, 0.6) is 0 Å². The van der Waals surface area contributed by atoms with Crippen molar-refractivity contribution in [2.45, 2.75) is 25.2 Å². The fraction of sp³-hybridized carbons (Fsp3) is 0.562. The highest BCUT2D eigenvalue weighted by atomic mass is 19.1. The molecule has 0 bridgehead atoms. The summed E-state index contributed by atoms with van der Waals surface area (Å²) in [4.78, 5) is 12.4. The number of carbonyl (C=O) groups excluding carboxylic acids is 1. The zero-order valence-corrected chi connectivity index (χ0v) is 12.3. The summed E-state index contributed by atoms with van der Waals surface area (Å²) in [5.41, 5.74) is 5.20. The van der Waals surface area contributed by atoms with Gasteiger partial charge in [0.1, 0.15) is 11.2 Å². The zero-order chi connectivity index (χ0) is 15.3. The first-order valence-electron chi connectivity index (χ1n) is 7.33. The smallest absolute Gasteiger partial charge is 0.320 e. The second-order valence-corrected chi connectivity index (χ2v) is 5.48. The van der Waals surface area contributed by atoms with Crippen LogP contribution in [-0.2, 0) is 19.7 Å². The van der Waals surface area contributed by atoms with Gasteiger partial charge in [0, 0.05) is 13.2 Å². The van der Waals surface area contributed by atoms with Crippen molar-refractivity contribution >= 4 is 5.97 Å². The number of rotatable bonds is 8. The average Bonchev–Trinajstić information content (AvgIpc) is 3.28. The van der Waals surface area contributed by atoms with Crippen molar-refractivity contribution in [2.24, 2.45) is 11.7 Å². The first kappa shape index (κ1) is 15.9. The number of ether oxygens (including phenoxy) is 2. The van der Waals surface area contributed by atoms with Crippen LogP contribution in [0.2, 0.25) is 0 Å². The summed E-state index contributed by atoms with van der Waals surface area (Å²) in [6, 6.07) is 5.91. The predicted octanol–water partition coefficient (Wildman–Crippen LogP) is 2.01. The minimum Gasteiger partial charge on any atom is -0.465 e. The van der Waals surface area contributed by atoms with E-state index in [1.54, 1.807) is 19.1 Å². The first-order valence-corrected chi connectivity index (χ1v) is 7.33. The summed E-state index contributed by atoms with van der Waals surface area (Å²) in [6.45, 7) is 2.72. The number of hydrogen-bond donors (Lipinski definition) is 1. The number of carbonyl (C=O) groups is 1. The molecule has 0 heterocycles. The summed E-state index contributed by atoms with van der Waals surface area (Å²) < 4.78 is 24.3. The van der Waals surface area contributed by atoms with Crippen LogP contribution in [0.25, 0.3) is 0 Å². The maximum Gasteiger partial charge on any atom is 0.320 e. The highest BCUT2D eigenvalue weighted by Crippen LogP contribution is 2.31. The Morgan fingerprint density at radius 2 is 2.24 bits per heavy atom. The van der Waals surface area contributed by atoms with E-state index in [2.05, 4.69) is 0 Å². The van der Waals surface area contributed by atoms with Gasteiger partial charge in [0.05, 0.1) is 13.2 Å². The average molecular weight is 295 g/mol. The van der Waals surface area contributed by atoms with Gasteiger partial charge in [-0.2, -0.15) is 0 Å². The second-order valence-electron chi connectivity index (χ2n) is 5.48. The van der Waals surface area contributed by atoms with Gasteiger partial charge in [0.2, 0.25) is 0 Å². The summed E-state index contributed by atoms with van der Waals surface area (Å²) in [6.07, 6.45) is 2.32. The molecule has 4 nitrogen and oxygen atoms in total. The molecule has 0 spiro atoms. The van der Waals surface area contributed by atoms with E-state index >= 15 is 0 Å². The van der Waals surface area contributed by atoms with Gasteiger partial charge in [0.15, 0.2) is 0 Å². The van der Waals surface area contributed by atoms with Crippen LogP contribution in [0.15, 0.2) is 24.3 Å². The summed E-state index contributed by atoms with van der Waals surface area (Å²) >= 11 is 0. The molecule has 0 amide bonds. The van der Waals surface area contributed by atoms with E-state index in [4.69, 9.17) is 15.2 Å². The largest absolute Gasteiger partial charge is 0.465 e. The molecule has 0 aliphatic heterocycles. The molecule has 1 saturated carbocycles. The molecule has 1 fully saturated rings. The van der Waals surface area contributed by atoms with E-state index in [-0.39, 0.29) is 19.8 Å². The molecule has 1 aromatic carbocycles. The molecular weight excluding hydrogens is 273 g/mol. The first-order chi connectivity index (χ1) is 10.1. The standard InChI is InChI=1S/C16H22FNO3/c1-2-21-15(19)16(10-18,11-20-9-12-6-7-12)13-4-3-5-14(17)8-13/h3-5,8,12H,2,6-7,9-11,18H2,1H3. The third kappa shape index (κ3) is 3.80. The van der Waals surface area contributed by atoms with Crippen molar-refractivity contribution in [1.29, 1.82) is 0 Å². The van der Waals surface area contributed by atoms with E-state index in [9.17, 15) is 9.18 Å². The van der Waals surface area contributed by atoms with Crippen LogP contribution in [0, 0.1) is 11.7 Å². The fourth-order valence-corrected chi connectivity index (χ4v) is 2.26. The molecule has 0 radical (unpaired) electrons. The molecule has 1 aliphatic carbocycles. The Morgan fingerprint density at radius 3 is 2.81 bits per heavy atom. The summed E-state index contributed by atoms with van der Waals surface area (Å²) in [7, 11) is 0. The molecule has 0 aromatic heterocycles. The summed E-state index contributed by atoms with van der Waals surface area (Å²) in [5, 5.41) is 0. The Labute approximate surface area is 124 Å². The Kier molecular flexibility index (Phi) is 5.31. The van der Waals surface area contributed by atoms with Crippen molar-refractivity contribution in [2.75, 3.05) is 26.4 Å². The van der Waals surface area contributed by atoms with Gasteiger partial charge in [-0.15, -0.1) is 0 Å². The number of hydrogen-bond acceptors (Lipinski definition) is 4. The fourth-order valence-electron chi connectivity index (χ4n) is 2.26. The monoisotopic (exact) mass is 295 g/mol. The lowest BCUT2D eigenvalue weighted by atomic mass is 9.81. The lowest BCUT2D eigenvalue weighted by Gasteiger charge is -2.30. The Balaban J connectivity index is 2.22. The highest BCUT2D eigenvalue weighted by Gasteiger charge is 2.41. The van der Waals surface area contributed by atoms with E-state index < -0.39 is 17.2 Å². The van der Waals surface area contributed by atoms with Crippen LogP contribution in [0.1, 0.15) is 25.3 Å². The van der Waals surface area contributed by atoms with Crippen LogP contribution in [0.3, 0.4) is 0 Å². The minimum absolute atomic E-state index is 0.0138. The van der Waals surface area contributed by atoms with Crippen molar-refractivity contribution in [3.63, 3.8) is 0 Å². The Bertz CT molecular complexity index is 490. The van der Waals surface area contributed by atoms with Gasteiger partial charge < -0.3 is 15.2 Å². The quantitative estimate of drug-likeness (QED) is 0.745. The lowest BCUT2D eigenvalue weighted by Crippen LogP contribution is -2.48. The predicted molar refractivity (Wildman–Crippen MR) is 77.3 cm³/mol. The number of benzene rings is 1. The van der Waals surface area contributed by atoms with Crippen LogP contribution in [-0.4, -0.2) is 32.3 Å².